The molecule has 2 atom stereocenters. The SMILES string of the molecule is CC(=CCl)CN1C(=O)C(C(C)(C)C)NC(=O)C1C(C)C. The van der Waals surface area contributed by atoms with E-state index in [9.17, 15) is 9.59 Å². The third kappa shape index (κ3) is 3.54. The monoisotopic (exact) mass is 300 g/mol. The van der Waals surface area contributed by atoms with Gasteiger partial charge >= 0.3 is 0 Å². The largest absolute Gasteiger partial charge is 0.342 e. The van der Waals surface area contributed by atoms with Gasteiger partial charge in [-0.05, 0) is 23.8 Å². The van der Waals surface area contributed by atoms with Crippen LogP contribution in [0.4, 0.5) is 0 Å². The fourth-order valence-electron chi connectivity index (χ4n) is 2.46. The molecule has 2 unspecified atom stereocenters. The van der Waals surface area contributed by atoms with Crippen molar-refractivity contribution in [3.63, 3.8) is 0 Å². The van der Waals surface area contributed by atoms with Gasteiger partial charge in [0.25, 0.3) is 0 Å². The van der Waals surface area contributed by atoms with Gasteiger partial charge in [0.15, 0.2) is 0 Å². The van der Waals surface area contributed by atoms with Crippen molar-refractivity contribution in [2.75, 3.05) is 6.54 Å². The third-order valence-corrected chi connectivity index (χ3v) is 3.90. The molecule has 5 heteroatoms. The lowest BCUT2D eigenvalue weighted by molar-refractivity contribution is -0.153. The summed E-state index contributed by atoms with van der Waals surface area (Å²) >= 11 is 5.71. The highest BCUT2D eigenvalue weighted by Crippen LogP contribution is 2.27. The first kappa shape index (κ1) is 17.0. The molecule has 1 aliphatic rings. The maximum atomic E-state index is 12.7. The number of piperazine rings is 1. The van der Waals surface area contributed by atoms with E-state index in [0.717, 1.165) is 5.57 Å². The standard InChI is InChI=1S/C15H25ClN2O2/c1-9(2)11-13(19)17-12(15(4,5)6)14(20)18(11)8-10(3)7-16/h7,9,11-12H,8H2,1-6H3,(H,17,19). The smallest absolute Gasteiger partial charge is 0.246 e. The highest BCUT2D eigenvalue weighted by molar-refractivity contribution is 6.25. The van der Waals surface area contributed by atoms with E-state index in [4.69, 9.17) is 11.6 Å². The van der Waals surface area contributed by atoms with E-state index in [1.807, 2.05) is 41.5 Å². The zero-order valence-corrected chi connectivity index (χ0v) is 13.9. The Hall–Kier alpha value is -1.03. The van der Waals surface area contributed by atoms with Crippen molar-refractivity contribution in [1.82, 2.24) is 10.2 Å². The number of carbonyl (C=O) groups is 2. The number of amides is 2. The second-order valence-corrected chi connectivity index (χ2v) is 7.14. The quantitative estimate of drug-likeness (QED) is 0.871. The predicted molar refractivity (Wildman–Crippen MR) is 81.3 cm³/mol. The Kier molecular flexibility index (Phi) is 5.25. The first-order chi connectivity index (χ1) is 9.09. The number of halogens is 1. The molecule has 0 aromatic heterocycles. The molecule has 20 heavy (non-hydrogen) atoms. The molecule has 0 aromatic rings. The van der Waals surface area contributed by atoms with Crippen LogP contribution < -0.4 is 5.32 Å². The van der Waals surface area contributed by atoms with Gasteiger partial charge in [0.05, 0.1) is 0 Å². The van der Waals surface area contributed by atoms with Crippen LogP contribution in [-0.2, 0) is 9.59 Å². The zero-order chi connectivity index (χ0) is 15.7. The Bertz CT molecular complexity index is 424. The van der Waals surface area contributed by atoms with Crippen LogP contribution in [0, 0.1) is 11.3 Å². The molecule has 0 spiro atoms. The van der Waals surface area contributed by atoms with Gasteiger partial charge in [0.1, 0.15) is 12.1 Å². The minimum Gasteiger partial charge on any atom is -0.342 e. The maximum Gasteiger partial charge on any atom is 0.246 e. The van der Waals surface area contributed by atoms with Crippen LogP contribution in [0.1, 0.15) is 41.5 Å². The van der Waals surface area contributed by atoms with E-state index in [1.54, 1.807) is 4.90 Å². The normalized spacial score (nSPS) is 25.2. The lowest BCUT2D eigenvalue weighted by Gasteiger charge is -2.44. The number of hydrogen-bond donors (Lipinski definition) is 1. The molecule has 1 aliphatic heterocycles. The minimum absolute atomic E-state index is 0.0336. The van der Waals surface area contributed by atoms with Crippen molar-refractivity contribution in [2.45, 2.75) is 53.6 Å². The molecule has 1 saturated heterocycles. The van der Waals surface area contributed by atoms with E-state index in [1.165, 1.54) is 5.54 Å². The lowest BCUT2D eigenvalue weighted by Crippen LogP contribution is -2.67. The van der Waals surface area contributed by atoms with Crippen LogP contribution in [0.15, 0.2) is 11.1 Å². The van der Waals surface area contributed by atoms with Gasteiger partial charge in [-0.15, -0.1) is 0 Å². The first-order valence-corrected chi connectivity index (χ1v) is 7.40. The van der Waals surface area contributed by atoms with Crippen molar-refractivity contribution >= 4 is 23.4 Å². The molecule has 0 aromatic carbocycles. The highest BCUT2D eigenvalue weighted by atomic mass is 35.5. The minimum atomic E-state index is -0.492. The second kappa shape index (κ2) is 6.17. The molecule has 1 fully saturated rings. The van der Waals surface area contributed by atoms with Crippen LogP contribution in [0.2, 0.25) is 0 Å². The van der Waals surface area contributed by atoms with Crippen LogP contribution in [0.5, 0.6) is 0 Å². The molecule has 0 aliphatic carbocycles. The zero-order valence-electron chi connectivity index (χ0n) is 13.2. The molecule has 0 saturated carbocycles. The van der Waals surface area contributed by atoms with Crippen molar-refractivity contribution < 1.29 is 9.59 Å². The number of hydrogen-bond acceptors (Lipinski definition) is 2. The Morgan fingerprint density at radius 3 is 2.35 bits per heavy atom. The lowest BCUT2D eigenvalue weighted by atomic mass is 9.82. The first-order valence-electron chi connectivity index (χ1n) is 6.96. The van der Waals surface area contributed by atoms with Crippen LogP contribution in [0.3, 0.4) is 0 Å². The summed E-state index contributed by atoms with van der Waals surface area (Å²) in [4.78, 5) is 26.7. The van der Waals surface area contributed by atoms with Gasteiger partial charge in [0, 0.05) is 12.1 Å². The highest BCUT2D eigenvalue weighted by Gasteiger charge is 2.45. The topological polar surface area (TPSA) is 49.4 Å². The number of nitrogens with zero attached hydrogens (tertiary/aromatic N) is 1. The second-order valence-electron chi connectivity index (χ2n) is 6.92. The molecule has 4 nitrogen and oxygen atoms in total. The molecule has 0 radical (unpaired) electrons. The fourth-order valence-corrected chi connectivity index (χ4v) is 2.53. The summed E-state index contributed by atoms with van der Waals surface area (Å²) in [6.45, 7) is 12.0. The Labute approximate surface area is 126 Å². The third-order valence-electron chi connectivity index (χ3n) is 3.52. The van der Waals surface area contributed by atoms with Crippen LogP contribution >= 0.6 is 11.6 Å². The summed E-state index contributed by atoms with van der Waals surface area (Å²) in [5.74, 6) is -0.0569. The summed E-state index contributed by atoms with van der Waals surface area (Å²) < 4.78 is 0. The van der Waals surface area contributed by atoms with Crippen LogP contribution in [0.25, 0.3) is 0 Å². The molecule has 114 valence electrons. The average molecular weight is 301 g/mol. The Morgan fingerprint density at radius 2 is 1.95 bits per heavy atom. The molecule has 0 bridgehead atoms. The van der Waals surface area contributed by atoms with Gasteiger partial charge < -0.3 is 10.2 Å². The molecular formula is C15H25ClN2O2. The molecule has 1 heterocycles. The molecule has 1 N–H and O–H groups in total. The molecule has 1 rings (SSSR count). The summed E-state index contributed by atoms with van der Waals surface area (Å²) in [5, 5.41) is 2.88. The number of nitrogens with one attached hydrogen (secondary N) is 1. The summed E-state index contributed by atoms with van der Waals surface area (Å²) in [6, 6.07) is -0.930. The van der Waals surface area contributed by atoms with Crippen molar-refractivity contribution in [3.8, 4) is 0 Å². The van der Waals surface area contributed by atoms with Crippen molar-refractivity contribution in [3.05, 3.63) is 11.1 Å². The van der Waals surface area contributed by atoms with Gasteiger partial charge in [-0.1, -0.05) is 46.2 Å². The van der Waals surface area contributed by atoms with E-state index in [0.29, 0.717) is 6.54 Å². The van der Waals surface area contributed by atoms with Gasteiger partial charge in [-0.25, -0.2) is 0 Å². The van der Waals surface area contributed by atoms with Crippen LogP contribution in [-0.4, -0.2) is 35.3 Å². The maximum absolute atomic E-state index is 12.7. The van der Waals surface area contributed by atoms with Gasteiger partial charge in [-0.2, -0.15) is 0 Å². The van der Waals surface area contributed by atoms with Crippen molar-refractivity contribution in [1.29, 1.82) is 0 Å². The van der Waals surface area contributed by atoms with E-state index >= 15 is 0 Å². The van der Waals surface area contributed by atoms with E-state index < -0.39 is 12.1 Å². The molecular weight excluding hydrogens is 276 g/mol. The summed E-state index contributed by atoms with van der Waals surface area (Å²) in [5.41, 5.74) is 2.02. The summed E-state index contributed by atoms with van der Waals surface area (Å²) in [6.07, 6.45) is 0. The molecule has 2 amide bonds. The van der Waals surface area contributed by atoms with Gasteiger partial charge in [-0.3, -0.25) is 9.59 Å². The van der Waals surface area contributed by atoms with E-state index in [-0.39, 0.29) is 23.1 Å². The number of carbonyl (C=O) groups excluding carboxylic acids is 2. The van der Waals surface area contributed by atoms with E-state index in [2.05, 4.69) is 5.32 Å². The van der Waals surface area contributed by atoms with Gasteiger partial charge in [0.2, 0.25) is 11.8 Å². The Morgan fingerprint density at radius 1 is 1.40 bits per heavy atom. The van der Waals surface area contributed by atoms with Crippen molar-refractivity contribution in [2.24, 2.45) is 11.3 Å². The summed E-state index contributed by atoms with van der Waals surface area (Å²) in [7, 11) is 0. The predicted octanol–water partition coefficient (Wildman–Crippen LogP) is 2.53. The average Bonchev–Trinajstić information content (AvgIpc) is 2.31. The Balaban J connectivity index is 3.14. The number of rotatable bonds is 3. The fraction of sp³-hybridized carbons (Fsp3) is 0.733.